The van der Waals surface area contributed by atoms with Gasteiger partial charge in [0, 0.05) is 12.2 Å². The number of benzene rings is 2. The lowest BCUT2D eigenvalue weighted by Gasteiger charge is -2.36. The van der Waals surface area contributed by atoms with E-state index in [1.165, 1.54) is 4.31 Å². The van der Waals surface area contributed by atoms with Crippen molar-refractivity contribution in [2.45, 2.75) is 39.2 Å². The fraction of sp³-hybridized carbons (Fsp3) is 0.409. The molecule has 0 fully saturated rings. The number of nitrogens with zero attached hydrogens (tertiary/aromatic N) is 2. The maximum Gasteiger partial charge on any atom is 0.250 e. The number of hydrogen-bond donors (Lipinski definition) is 0. The molecule has 1 unspecified atom stereocenters. The van der Waals surface area contributed by atoms with E-state index < -0.39 is 16.1 Å². The van der Waals surface area contributed by atoms with Gasteiger partial charge in [-0.05, 0) is 62.1 Å². The lowest BCUT2D eigenvalue weighted by Crippen LogP contribution is -2.52. The number of aryl methyl sites for hydroxylation is 1. The van der Waals surface area contributed by atoms with Crippen LogP contribution in [0.5, 0.6) is 5.75 Å². The van der Waals surface area contributed by atoms with E-state index in [0.717, 1.165) is 30.3 Å². The topological polar surface area (TPSA) is 66.9 Å². The van der Waals surface area contributed by atoms with Gasteiger partial charge in [0.2, 0.25) is 10.0 Å². The first-order chi connectivity index (χ1) is 13.9. The van der Waals surface area contributed by atoms with Crippen molar-refractivity contribution < 1.29 is 17.9 Å². The van der Waals surface area contributed by atoms with Crippen molar-refractivity contribution in [3.8, 4) is 5.75 Å². The van der Waals surface area contributed by atoms with Crippen LogP contribution in [0.25, 0.3) is 0 Å². The third kappa shape index (κ3) is 4.56. The summed E-state index contributed by atoms with van der Waals surface area (Å²) in [7, 11) is -3.67. The van der Waals surface area contributed by atoms with Gasteiger partial charge in [-0.25, -0.2) is 8.42 Å². The molecule has 29 heavy (non-hydrogen) atoms. The molecule has 1 heterocycles. The first-order valence-electron chi connectivity index (χ1n) is 9.98. The van der Waals surface area contributed by atoms with Crippen LogP contribution in [0.3, 0.4) is 0 Å². The molecule has 0 aromatic heterocycles. The molecule has 0 spiro atoms. The zero-order valence-electron chi connectivity index (χ0n) is 17.2. The average Bonchev–Trinajstić information content (AvgIpc) is 2.71. The van der Waals surface area contributed by atoms with Gasteiger partial charge < -0.3 is 9.64 Å². The van der Waals surface area contributed by atoms with Crippen LogP contribution >= 0.6 is 0 Å². The number of carbonyl (C=O) groups is 1. The van der Waals surface area contributed by atoms with Crippen LogP contribution in [0.1, 0.15) is 32.3 Å². The first-order valence-corrected chi connectivity index (χ1v) is 11.8. The minimum atomic E-state index is -3.67. The molecule has 0 aliphatic carbocycles. The molecule has 1 amide bonds. The van der Waals surface area contributed by atoms with Gasteiger partial charge >= 0.3 is 0 Å². The van der Waals surface area contributed by atoms with Crippen LogP contribution in [-0.2, 0) is 21.2 Å². The Morgan fingerprint density at radius 1 is 1.14 bits per heavy atom. The standard InChI is InChI=1S/C22H28N2O4S/c1-4-20(22(25)23-16-8-10-17-9-6-7-11-21(17)23)24(29(3,26)27)18-12-14-19(15-13-18)28-5-2/h6-7,9,11-15,20H,4-5,8,10,16H2,1-3H3. The highest BCUT2D eigenvalue weighted by Gasteiger charge is 2.36. The van der Waals surface area contributed by atoms with Gasteiger partial charge in [-0.15, -0.1) is 0 Å². The Labute approximate surface area is 173 Å². The van der Waals surface area contributed by atoms with Gasteiger partial charge in [0.05, 0.1) is 18.6 Å². The van der Waals surface area contributed by atoms with Gasteiger partial charge in [0.1, 0.15) is 11.8 Å². The second-order valence-corrected chi connectivity index (χ2v) is 8.99. The molecule has 2 aromatic rings. The summed E-state index contributed by atoms with van der Waals surface area (Å²) in [5.41, 5.74) is 2.46. The predicted molar refractivity (Wildman–Crippen MR) is 116 cm³/mol. The van der Waals surface area contributed by atoms with E-state index in [2.05, 4.69) is 0 Å². The molecule has 156 valence electrons. The summed E-state index contributed by atoms with van der Waals surface area (Å²) in [6.45, 7) is 4.84. The Balaban J connectivity index is 1.97. The maximum atomic E-state index is 13.5. The van der Waals surface area contributed by atoms with E-state index in [4.69, 9.17) is 4.74 Å². The number of para-hydroxylation sites is 1. The summed E-state index contributed by atoms with van der Waals surface area (Å²) >= 11 is 0. The highest BCUT2D eigenvalue weighted by Crippen LogP contribution is 2.31. The van der Waals surface area contributed by atoms with E-state index in [1.807, 2.05) is 38.1 Å². The summed E-state index contributed by atoms with van der Waals surface area (Å²) in [5.74, 6) is 0.466. The largest absolute Gasteiger partial charge is 0.494 e. The average molecular weight is 417 g/mol. The van der Waals surface area contributed by atoms with Gasteiger partial charge in [-0.1, -0.05) is 25.1 Å². The van der Waals surface area contributed by atoms with Crippen molar-refractivity contribution in [1.82, 2.24) is 0 Å². The van der Waals surface area contributed by atoms with Crippen molar-refractivity contribution in [3.05, 3.63) is 54.1 Å². The van der Waals surface area contributed by atoms with E-state index in [9.17, 15) is 13.2 Å². The van der Waals surface area contributed by atoms with E-state index >= 15 is 0 Å². The van der Waals surface area contributed by atoms with E-state index in [-0.39, 0.29) is 5.91 Å². The van der Waals surface area contributed by atoms with Gasteiger partial charge in [-0.3, -0.25) is 9.10 Å². The number of anilines is 2. The molecule has 0 radical (unpaired) electrons. The van der Waals surface area contributed by atoms with Crippen LogP contribution in [0.4, 0.5) is 11.4 Å². The fourth-order valence-electron chi connectivity index (χ4n) is 3.84. The Morgan fingerprint density at radius 2 is 1.83 bits per heavy atom. The Bertz CT molecular complexity index is 957. The normalized spacial score (nSPS) is 14.8. The van der Waals surface area contributed by atoms with Gasteiger partial charge in [-0.2, -0.15) is 0 Å². The maximum absolute atomic E-state index is 13.5. The number of fused-ring (bicyclic) bond motifs is 1. The number of amides is 1. The number of hydrogen-bond acceptors (Lipinski definition) is 4. The molecule has 0 bridgehead atoms. The van der Waals surface area contributed by atoms with Gasteiger partial charge in [0.25, 0.3) is 5.91 Å². The molecule has 0 N–H and O–H groups in total. The molecule has 3 rings (SSSR count). The Morgan fingerprint density at radius 3 is 2.45 bits per heavy atom. The summed E-state index contributed by atoms with van der Waals surface area (Å²) < 4.78 is 32.1. The first kappa shape index (κ1) is 21.2. The van der Waals surface area contributed by atoms with Crippen molar-refractivity contribution in [2.24, 2.45) is 0 Å². The smallest absolute Gasteiger partial charge is 0.250 e. The van der Waals surface area contributed by atoms with E-state index in [1.54, 1.807) is 29.2 Å². The zero-order chi connectivity index (χ0) is 21.0. The second-order valence-electron chi connectivity index (χ2n) is 7.13. The van der Waals surface area contributed by atoms with Crippen molar-refractivity contribution >= 4 is 27.3 Å². The molecule has 6 nitrogen and oxygen atoms in total. The number of rotatable bonds is 7. The lowest BCUT2D eigenvalue weighted by molar-refractivity contribution is -0.119. The van der Waals surface area contributed by atoms with Crippen LogP contribution in [0, 0.1) is 0 Å². The molecule has 2 aromatic carbocycles. The van der Waals surface area contributed by atoms with E-state index in [0.29, 0.717) is 31.0 Å². The van der Waals surface area contributed by atoms with Crippen LogP contribution < -0.4 is 13.9 Å². The van der Waals surface area contributed by atoms with Crippen LogP contribution in [0.2, 0.25) is 0 Å². The van der Waals surface area contributed by atoms with Crippen LogP contribution in [-0.4, -0.2) is 39.8 Å². The molecule has 1 atom stereocenters. The summed E-state index contributed by atoms with van der Waals surface area (Å²) in [5, 5.41) is 0. The highest BCUT2D eigenvalue weighted by molar-refractivity contribution is 7.92. The van der Waals surface area contributed by atoms with Gasteiger partial charge in [0.15, 0.2) is 0 Å². The molecular weight excluding hydrogens is 388 g/mol. The quantitative estimate of drug-likeness (QED) is 0.692. The Kier molecular flexibility index (Phi) is 6.47. The SMILES string of the molecule is CCOc1ccc(N(C(CC)C(=O)N2CCCc3ccccc32)S(C)(=O)=O)cc1. The molecule has 0 saturated heterocycles. The van der Waals surface area contributed by atoms with Crippen molar-refractivity contribution in [2.75, 3.05) is 28.6 Å². The molecular formula is C22H28N2O4S. The third-order valence-corrected chi connectivity index (χ3v) is 6.27. The lowest BCUT2D eigenvalue weighted by atomic mass is 10.0. The minimum absolute atomic E-state index is 0.195. The molecule has 0 saturated carbocycles. The molecule has 7 heteroatoms. The van der Waals surface area contributed by atoms with Crippen molar-refractivity contribution in [3.63, 3.8) is 0 Å². The van der Waals surface area contributed by atoms with Crippen molar-refractivity contribution in [1.29, 1.82) is 0 Å². The number of ether oxygens (including phenoxy) is 1. The predicted octanol–water partition coefficient (Wildman–Crippen LogP) is 3.61. The molecule has 1 aliphatic heterocycles. The Hall–Kier alpha value is -2.54. The summed E-state index contributed by atoms with van der Waals surface area (Å²) in [6, 6.07) is 13.8. The summed E-state index contributed by atoms with van der Waals surface area (Å²) in [4.78, 5) is 15.3. The minimum Gasteiger partial charge on any atom is -0.494 e. The highest BCUT2D eigenvalue weighted by atomic mass is 32.2. The van der Waals surface area contributed by atoms with Crippen LogP contribution in [0.15, 0.2) is 48.5 Å². The number of sulfonamides is 1. The second kappa shape index (κ2) is 8.86. The fourth-order valence-corrected chi connectivity index (χ4v) is 5.05. The third-order valence-electron chi connectivity index (χ3n) is 5.09. The summed E-state index contributed by atoms with van der Waals surface area (Å²) in [6.07, 6.45) is 3.30. The zero-order valence-corrected chi connectivity index (χ0v) is 18.0. The number of carbonyl (C=O) groups excluding carboxylic acids is 1. The monoisotopic (exact) mass is 416 g/mol. The molecule has 1 aliphatic rings.